The van der Waals surface area contributed by atoms with Crippen LogP contribution in [0, 0.1) is 18.3 Å². The predicted octanol–water partition coefficient (Wildman–Crippen LogP) is 3.11. The van der Waals surface area contributed by atoms with Gasteiger partial charge in [-0.1, -0.05) is 17.7 Å². The van der Waals surface area contributed by atoms with E-state index in [4.69, 9.17) is 5.26 Å². The summed E-state index contributed by atoms with van der Waals surface area (Å²) in [4.78, 5) is 4.12. The zero-order valence-electron chi connectivity index (χ0n) is 11.0. The van der Waals surface area contributed by atoms with Crippen molar-refractivity contribution in [2.45, 2.75) is 6.92 Å². The molecule has 0 amide bonds. The summed E-state index contributed by atoms with van der Waals surface area (Å²) in [7, 11) is 0. The third-order valence-electron chi connectivity index (χ3n) is 3.06. The van der Waals surface area contributed by atoms with Crippen molar-refractivity contribution in [2.75, 3.05) is 0 Å². The fourth-order valence-corrected chi connectivity index (χ4v) is 2.04. The Bertz CT molecular complexity index is 764. The second-order valence-electron chi connectivity index (χ2n) is 4.52. The first-order valence-corrected chi connectivity index (χ1v) is 6.25. The summed E-state index contributed by atoms with van der Waals surface area (Å²) >= 11 is 0. The Morgan fingerprint density at radius 1 is 1.15 bits per heavy atom. The molecule has 0 saturated heterocycles. The van der Waals surface area contributed by atoms with Gasteiger partial charge >= 0.3 is 0 Å². The lowest BCUT2D eigenvalue weighted by Gasteiger charge is -2.07. The van der Waals surface area contributed by atoms with E-state index in [-0.39, 0.29) is 0 Å². The standard InChI is InChI=1S/C16H12N4/c1-12-4-6-15(7-5-12)20-16(9-14(10-17)19-20)13-3-2-8-18-11-13/h2-9,11H,1H3. The number of pyridine rings is 1. The smallest absolute Gasteiger partial charge is 0.163 e. The van der Waals surface area contributed by atoms with Crippen LogP contribution in [0.5, 0.6) is 0 Å². The molecule has 0 bridgehead atoms. The van der Waals surface area contributed by atoms with Gasteiger partial charge in [-0.2, -0.15) is 10.4 Å². The SMILES string of the molecule is Cc1ccc(-n2nc(C#N)cc2-c2cccnc2)cc1. The average molecular weight is 260 g/mol. The minimum atomic E-state index is 0.393. The number of benzene rings is 1. The van der Waals surface area contributed by atoms with E-state index in [1.807, 2.05) is 43.3 Å². The molecule has 0 spiro atoms. The van der Waals surface area contributed by atoms with Crippen LogP contribution >= 0.6 is 0 Å². The van der Waals surface area contributed by atoms with Crippen molar-refractivity contribution in [2.24, 2.45) is 0 Å². The van der Waals surface area contributed by atoms with Gasteiger partial charge in [0.1, 0.15) is 6.07 Å². The maximum absolute atomic E-state index is 9.07. The van der Waals surface area contributed by atoms with Gasteiger partial charge in [-0.3, -0.25) is 4.98 Å². The third kappa shape index (κ3) is 2.17. The van der Waals surface area contributed by atoms with Crippen LogP contribution < -0.4 is 0 Å². The van der Waals surface area contributed by atoms with Crippen LogP contribution in [-0.4, -0.2) is 14.8 Å². The van der Waals surface area contributed by atoms with Crippen molar-refractivity contribution in [1.29, 1.82) is 5.26 Å². The summed E-state index contributed by atoms with van der Waals surface area (Å²) in [5.74, 6) is 0. The minimum absolute atomic E-state index is 0.393. The third-order valence-corrected chi connectivity index (χ3v) is 3.06. The molecule has 0 aliphatic carbocycles. The summed E-state index contributed by atoms with van der Waals surface area (Å²) in [5, 5.41) is 13.4. The second kappa shape index (κ2) is 4.98. The number of nitriles is 1. The first-order chi connectivity index (χ1) is 9.78. The van der Waals surface area contributed by atoms with E-state index in [1.54, 1.807) is 23.1 Å². The Labute approximate surface area is 116 Å². The van der Waals surface area contributed by atoms with Gasteiger partial charge in [0.2, 0.25) is 0 Å². The Hall–Kier alpha value is -2.93. The molecule has 0 atom stereocenters. The number of hydrogen-bond acceptors (Lipinski definition) is 3. The number of hydrogen-bond donors (Lipinski definition) is 0. The molecule has 0 aliphatic rings. The highest BCUT2D eigenvalue weighted by Crippen LogP contribution is 2.23. The van der Waals surface area contributed by atoms with Gasteiger partial charge in [-0.05, 0) is 31.2 Å². The van der Waals surface area contributed by atoms with Crippen molar-refractivity contribution >= 4 is 0 Å². The zero-order chi connectivity index (χ0) is 13.9. The molecular weight excluding hydrogens is 248 g/mol. The highest BCUT2D eigenvalue weighted by molar-refractivity contribution is 5.62. The molecule has 0 N–H and O–H groups in total. The first kappa shape index (κ1) is 12.1. The highest BCUT2D eigenvalue weighted by atomic mass is 15.3. The predicted molar refractivity (Wildman–Crippen MR) is 76.2 cm³/mol. The molecule has 3 rings (SSSR count). The molecule has 2 heterocycles. The molecule has 0 radical (unpaired) electrons. The minimum Gasteiger partial charge on any atom is -0.264 e. The largest absolute Gasteiger partial charge is 0.264 e. The molecule has 2 aromatic heterocycles. The molecule has 20 heavy (non-hydrogen) atoms. The molecule has 0 unspecified atom stereocenters. The highest BCUT2D eigenvalue weighted by Gasteiger charge is 2.11. The van der Waals surface area contributed by atoms with Crippen LogP contribution in [0.15, 0.2) is 54.9 Å². The van der Waals surface area contributed by atoms with Crippen LogP contribution in [0.25, 0.3) is 16.9 Å². The lowest BCUT2D eigenvalue weighted by atomic mass is 10.2. The number of nitrogens with zero attached hydrogens (tertiary/aromatic N) is 4. The van der Waals surface area contributed by atoms with E-state index < -0.39 is 0 Å². The van der Waals surface area contributed by atoms with E-state index in [0.29, 0.717) is 5.69 Å². The maximum Gasteiger partial charge on any atom is 0.163 e. The summed E-state index contributed by atoms with van der Waals surface area (Å²) < 4.78 is 1.77. The van der Waals surface area contributed by atoms with E-state index in [2.05, 4.69) is 16.2 Å². The lowest BCUT2D eigenvalue weighted by Crippen LogP contribution is -1.99. The second-order valence-corrected chi connectivity index (χ2v) is 4.52. The topological polar surface area (TPSA) is 54.5 Å². The molecule has 3 aromatic rings. The Morgan fingerprint density at radius 3 is 2.60 bits per heavy atom. The van der Waals surface area contributed by atoms with Gasteiger partial charge in [0.15, 0.2) is 5.69 Å². The average Bonchev–Trinajstić information content (AvgIpc) is 2.93. The van der Waals surface area contributed by atoms with Crippen LogP contribution in [0.3, 0.4) is 0 Å². The number of rotatable bonds is 2. The molecular formula is C16H12N4. The van der Waals surface area contributed by atoms with Crippen molar-refractivity contribution in [1.82, 2.24) is 14.8 Å². The number of aryl methyl sites for hydroxylation is 1. The summed E-state index contributed by atoms with van der Waals surface area (Å²) in [6, 6.07) is 15.7. The molecule has 0 saturated carbocycles. The van der Waals surface area contributed by atoms with Gasteiger partial charge in [0.25, 0.3) is 0 Å². The molecule has 4 nitrogen and oxygen atoms in total. The Morgan fingerprint density at radius 2 is 1.95 bits per heavy atom. The van der Waals surface area contributed by atoms with Gasteiger partial charge in [0.05, 0.1) is 11.4 Å². The van der Waals surface area contributed by atoms with Crippen LogP contribution in [0.2, 0.25) is 0 Å². The fourth-order valence-electron chi connectivity index (χ4n) is 2.04. The van der Waals surface area contributed by atoms with Crippen LogP contribution in [0.1, 0.15) is 11.3 Å². The lowest BCUT2D eigenvalue weighted by molar-refractivity contribution is 0.879. The summed E-state index contributed by atoms with van der Waals surface area (Å²) in [5.41, 5.74) is 4.30. The van der Waals surface area contributed by atoms with Gasteiger partial charge in [0, 0.05) is 24.0 Å². The van der Waals surface area contributed by atoms with Gasteiger partial charge in [-0.15, -0.1) is 0 Å². The normalized spacial score (nSPS) is 10.2. The van der Waals surface area contributed by atoms with Gasteiger partial charge in [-0.25, -0.2) is 4.68 Å². The summed E-state index contributed by atoms with van der Waals surface area (Å²) in [6.07, 6.45) is 3.49. The van der Waals surface area contributed by atoms with Crippen molar-refractivity contribution in [3.05, 3.63) is 66.1 Å². The van der Waals surface area contributed by atoms with Crippen molar-refractivity contribution in [3.8, 4) is 23.0 Å². The van der Waals surface area contributed by atoms with E-state index in [9.17, 15) is 0 Å². The Balaban J connectivity index is 2.18. The molecule has 4 heteroatoms. The first-order valence-electron chi connectivity index (χ1n) is 6.25. The monoisotopic (exact) mass is 260 g/mol. The summed E-state index contributed by atoms with van der Waals surface area (Å²) in [6.45, 7) is 2.04. The molecule has 0 aliphatic heterocycles. The van der Waals surface area contributed by atoms with Crippen molar-refractivity contribution in [3.63, 3.8) is 0 Å². The molecule has 1 aromatic carbocycles. The van der Waals surface area contributed by atoms with E-state index in [0.717, 1.165) is 16.9 Å². The quantitative estimate of drug-likeness (QED) is 0.711. The van der Waals surface area contributed by atoms with Crippen molar-refractivity contribution < 1.29 is 0 Å². The van der Waals surface area contributed by atoms with E-state index >= 15 is 0 Å². The Kier molecular flexibility index (Phi) is 3.02. The maximum atomic E-state index is 9.07. The number of aromatic nitrogens is 3. The molecule has 96 valence electrons. The van der Waals surface area contributed by atoms with Crippen LogP contribution in [0.4, 0.5) is 0 Å². The zero-order valence-corrected chi connectivity index (χ0v) is 11.0. The van der Waals surface area contributed by atoms with Gasteiger partial charge < -0.3 is 0 Å². The molecule has 0 fully saturated rings. The van der Waals surface area contributed by atoms with Crippen LogP contribution in [-0.2, 0) is 0 Å². The van der Waals surface area contributed by atoms with E-state index in [1.165, 1.54) is 5.56 Å². The fraction of sp³-hybridized carbons (Fsp3) is 0.0625.